The molecule has 4 nitrogen and oxygen atoms in total. The zero-order valence-electron chi connectivity index (χ0n) is 10.4. The Bertz CT molecular complexity index is 492. The number of imide groups is 1. The lowest BCUT2D eigenvalue weighted by Gasteiger charge is -2.13. The molecule has 2 rings (SSSR count). The first-order valence-corrected chi connectivity index (χ1v) is 6.71. The fourth-order valence-electron chi connectivity index (χ4n) is 2.10. The number of alkyl halides is 1. The molecule has 19 heavy (non-hydrogen) atoms. The van der Waals surface area contributed by atoms with Crippen LogP contribution in [0.5, 0.6) is 0 Å². The van der Waals surface area contributed by atoms with Crippen LogP contribution >= 0.6 is 11.6 Å². The Morgan fingerprint density at radius 1 is 1.05 bits per heavy atom. The zero-order valence-corrected chi connectivity index (χ0v) is 11.2. The molecule has 0 fully saturated rings. The summed E-state index contributed by atoms with van der Waals surface area (Å²) in [7, 11) is 0. The molecule has 0 spiro atoms. The predicted octanol–water partition coefficient (Wildman–Crippen LogP) is 2.26. The SMILES string of the molecule is O=C(CCl)CCCCN1C(=O)c2ccccc2C1=O. The highest BCUT2D eigenvalue weighted by Crippen LogP contribution is 2.22. The second-order valence-electron chi connectivity index (χ2n) is 4.44. The van der Waals surface area contributed by atoms with E-state index in [1.807, 2.05) is 0 Å². The molecular formula is C14H14ClNO3. The van der Waals surface area contributed by atoms with Crippen LogP contribution in [-0.2, 0) is 4.79 Å². The molecule has 5 heteroatoms. The summed E-state index contributed by atoms with van der Waals surface area (Å²) in [5.74, 6) is -0.481. The molecule has 2 amide bonds. The van der Waals surface area contributed by atoms with Crippen LogP contribution in [0.15, 0.2) is 24.3 Å². The van der Waals surface area contributed by atoms with Gasteiger partial charge < -0.3 is 0 Å². The highest BCUT2D eigenvalue weighted by atomic mass is 35.5. The van der Waals surface area contributed by atoms with Crippen LogP contribution in [-0.4, -0.2) is 34.9 Å². The molecule has 0 saturated heterocycles. The van der Waals surface area contributed by atoms with Gasteiger partial charge in [-0.2, -0.15) is 0 Å². The van der Waals surface area contributed by atoms with E-state index in [0.717, 1.165) is 0 Å². The molecule has 1 aliphatic heterocycles. The summed E-state index contributed by atoms with van der Waals surface area (Å²) in [6, 6.07) is 6.80. The van der Waals surface area contributed by atoms with Crippen molar-refractivity contribution in [2.75, 3.05) is 12.4 Å². The minimum Gasteiger partial charge on any atom is -0.298 e. The number of fused-ring (bicyclic) bond motifs is 1. The Balaban J connectivity index is 1.92. The Hall–Kier alpha value is -1.68. The third kappa shape index (κ3) is 2.84. The van der Waals surface area contributed by atoms with E-state index < -0.39 is 0 Å². The number of halogens is 1. The first kappa shape index (κ1) is 13.7. The maximum atomic E-state index is 12.0. The molecule has 100 valence electrons. The molecule has 0 atom stereocenters. The Labute approximate surface area is 116 Å². The molecule has 1 heterocycles. The van der Waals surface area contributed by atoms with Crippen LogP contribution in [0.4, 0.5) is 0 Å². The van der Waals surface area contributed by atoms with Crippen molar-refractivity contribution in [1.29, 1.82) is 0 Å². The number of benzene rings is 1. The van der Waals surface area contributed by atoms with Gasteiger partial charge in [0.1, 0.15) is 5.78 Å². The van der Waals surface area contributed by atoms with E-state index in [4.69, 9.17) is 11.6 Å². The number of nitrogens with zero attached hydrogens (tertiary/aromatic N) is 1. The smallest absolute Gasteiger partial charge is 0.261 e. The van der Waals surface area contributed by atoms with Crippen LogP contribution in [0.1, 0.15) is 40.0 Å². The van der Waals surface area contributed by atoms with Gasteiger partial charge in [-0.1, -0.05) is 12.1 Å². The number of carbonyl (C=O) groups is 3. The minimum atomic E-state index is -0.246. The van der Waals surface area contributed by atoms with E-state index in [-0.39, 0.29) is 23.5 Å². The lowest BCUT2D eigenvalue weighted by atomic mass is 10.1. The van der Waals surface area contributed by atoms with E-state index in [2.05, 4.69) is 0 Å². The maximum absolute atomic E-state index is 12.0. The number of unbranched alkanes of at least 4 members (excludes halogenated alkanes) is 1. The van der Waals surface area contributed by atoms with Gasteiger partial charge in [0.2, 0.25) is 0 Å². The average molecular weight is 280 g/mol. The summed E-state index contributed by atoms with van der Waals surface area (Å²) in [4.78, 5) is 36.3. The number of amides is 2. The fraction of sp³-hybridized carbons (Fsp3) is 0.357. The lowest BCUT2D eigenvalue weighted by molar-refractivity contribution is -0.116. The molecule has 0 N–H and O–H groups in total. The normalized spacial score (nSPS) is 13.8. The van der Waals surface area contributed by atoms with Crippen molar-refractivity contribution in [3.05, 3.63) is 35.4 Å². The van der Waals surface area contributed by atoms with Gasteiger partial charge in [0.25, 0.3) is 11.8 Å². The number of carbonyl (C=O) groups excluding carboxylic acids is 3. The van der Waals surface area contributed by atoms with E-state index >= 15 is 0 Å². The van der Waals surface area contributed by atoms with Crippen LogP contribution in [0.3, 0.4) is 0 Å². The fourth-order valence-corrected chi connectivity index (χ4v) is 2.23. The largest absolute Gasteiger partial charge is 0.298 e. The summed E-state index contributed by atoms with van der Waals surface area (Å²) in [5.41, 5.74) is 0.925. The molecule has 0 aromatic heterocycles. The van der Waals surface area contributed by atoms with Crippen molar-refractivity contribution in [1.82, 2.24) is 4.90 Å². The van der Waals surface area contributed by atoms with Gasteiger partial charge in [-0.15, -0.1) is 11.6 Å². The lowest BCUT2D eigenvalue weighted by Crippen LogP contribution is -2.30. The molecule has 1 aliphatic rings. The molecule has 0 saturated carbocycles. The number of hydrogen-bond donors (Lipinski definition) is 0. The van der Waals surface area contributed by atoms with Crippen LogP contribution in [0.2, 0.25) is 0 Å². The molecule has 1 aromatic rings. The maximum Gasteiger partial charge on any atom is 0.261 e. The molecular weight excluding hydrogens is 266 g/mol. The molecule has 0 unspecified atom stereocenters. The van der Waals surface area contributed by atoms with Gasteiger partial charge in [-0.05, 0) is 25.0 Å². The van der Waals surface area contributed by atoms with Gasteiger partial charge in [-0.25, -0.2) is 0 Å². The van der Waals surface area contributed by atoms with Crippen LogP contribution in [0, 0.1) is 0 Å². The van der Waals surface area contributed by atoms with Gasteiger partial charge >= 0.3 is 0 Å². The standard InChI is InChI=1S/C14H14ClNO3/c15-9-10(17)5-3-4-8-16-13(18)11-6-1-2-7-12(11)14(16)19/h1-2,6-7H,3-5,8-9H2. The molecule has 0 bridgehead atoms. The molecule has 1 aromatic carbocycles. The van der Waals surface area contributed by atoms with Crippen molar-refractivity contribution < 1.29 is 14.4 Å². The summed E-state index contributed by atoms with van der Waals surface area (Å²) in [5, 5.41) is 0. The van der Waals surface area contributed by atoms with E-state index in [1.54, 1.807) is 24.3 Å². The van der Waals surface area contributed by atoms with Crippen molar-refractivity contribution >= 4 is 29.2 Å². The summed E-state index contributed by atoms with van der Waals surface area (Å²) in [6.45, 7) is 0.349. The number of hydrogen-bond acceptors (Lipinski definition) is 3. The summed E-state index contributed by atoms with van der Waals surface area (Å²) < 4.78 is 0. The van der Waals surface area contributed by atoms with Crippen molar-refractivity contribution in [2.45, 2.75) is 19.3 Å². The quantitative estimate of drug-likeness (QED) is 0.456. The second kappa shape index (κ2) is 5.97. The minimum absolute atomic E-state index is 0.0102. The highest BCUT2D eigenvalue weighted by Gasteiger charge is 2.34. The van der Waals surface area contributed by atoms with Gasteiger partial charge in [-0.3, -0.25) is 19.3 Å². The molecule has 0 aliphatic carbocycles. The number of rotatable bonds is 6. The summed E-state index contributed by atoms with van der Waals surface area (Å²) >= 11 is 5.40. The number of Topliss-reactive ketones (excluding diaryl/α,β-unsaturated/α-hetero) is 1. The first-order chi connectivity index (χ1) is 9.15. The van der Waals surface area contributed by atoms with Crippen LogP contribution < -0.4 is 0 Å². The topological polar surface area (TPSA) is 54.5 Å². The van der Waals surface area contributed by atoms with E-state index in [1.165, 1.54) is 4.90 Å². The third-order valence-electron chi connectivity index (χ3n) is 3.11. The van der Waals surface area contributed by atoms with Crippen molar-refractivity contribution in [2.24, 2.45) is 0 Å². The Kier molecular flexibility index (Phi) is 4.32. The van der Waals surface area contributed by atoms with Gasteiger partial charge in [0, 0.05) is 13.0 Å². The van der Waals surface area contributed by atoms with E-state index in [0.29, 0.717) is 36.9 Å². The van der Waals surface area contributed by atoms with Crippen molar-refractivity contribution in [3.8, 4) is 0 Å². The van der Waals surface area contributed by atoms with E-state index in [9.17, 15) is 14.4 Å². The third-order valence-corrected chi connectivity index (χ3v) is 3.41. The zero-order chi connectivity index (χ0) is 13.8. The number of ketones is 1. The Morgan fingerprint density at radius 3 is 2.16 bits per heavy atom. The van der Waals surface area contributed by atoms with Crippen molar-refractivity contribution in [3.63, 3.8) is 0 Å². The molecule has 0 radical (unpaired) electrons. The Morgan fingerprint density at radius 2 is 1.63 bits per heavy atom. The monoisotopic (exact) mass is 279 g/mol. The predicted molar refractivity (Wildman–Crippen MR) is 71.4 cm³/mol. The van der Waals surface area contributed by atoms with Crippen LogP contribution in [0.25, 0.3) is 0 Å². The average Bonchev–Trinajstić information content (AvgIpc) is 2.68. The van der Waals surface area contributed by atoms with Gasteiger partial charge in [0.05, 0.1) is 17.0 Å². The highest BCUT2D eigenvalue weighted by molar-refractivity contribution is 6.27. The second-order valence-corrected chi connectivity index (χ2v) is 4.70. The first-order valence-electron chi connectivity index (χ1n) is 6.18. The summed E-state index contributed by atoms with van der Waals surface area (Å²) in [6.07, 6.45) is 1.65. The van der Waals surface area contributed by atoms with Gasteiger partial charge in [0.15, 0.2) is 0 Å².